The van der Waals surface area contributed by atoms with Gasteiger partial charge in [0.05, 0.1) is 23.3 Å². The first kappa shape index (κ1) is 36.6. The van der Waals surface area contributed by atoms with Crippen molar-refractivity contribution in [3.63, 3.8) is 0 Å². The van der Waals surface area contributed by atoms with Crippen molar-refractivity contribution in [3.8, 4) is 5.88 Å². The molecule has 0 saturated carbocycles. The van der Waals surface area contributed by atoms with Gasteiger partial charge in [-0.3, -0.25) is 14.4 Å². The number of fused-ring (bicyclic) bond motifs is 1. The molecule has 2 heterocycles. The Morgan fingerprint density at radius 1 is 1.07 bits per heavy atom. The largest absolute Gasteiger partial charge is 0.474 e. The van der Waals surface area contributed by atoms with E-state index in [1.54, 1.807) is 39.0 Å². The van der Waals surface area contributed by atoms with Crippen LogP contribution in [0.3, 0.4) is 0 Å². The fourth-order valence-corrected chi connectivity index (χ4v) is 4.41. The van der Waals surface area contributed by atoms with Gasteiger partial charge in [-0.25, -0.2) is 18.2 Å². The first-order valence-corrected chi connectivity index (χ1v) is 14.4. The van der Waals surface area contributed by atoms with Crippen LogP contribution in [0.1, 0.15) is 61.0 Å². The quantitative estimate of drug-likeness (QED) is 0.469. The number of sulfonamides is 1. The number of hydrogen-bond acceptors (Lipinski definition) is 9. The highest BCUT2D eigenvalue weighted by atomic mass is 32.2. The standard InChI is InChI=1S/C19H23N3O5S.C5H10O2.C2H7N.C2H6/c1-13-6-5-7-15(10-13)28(24,25)22-8-9-26-17-16(22)11-14(12-20-17)21-18(23)27-19(2,3)4;1-5(2,3)7-4-6;1-3-2;1-2/h5-7,10-12H,8-9H2,1-4H3,(H,21,23);4H,1-3H3;3H,1-2H3;1-2H3. The Morgan fingerprint density at radius 3 is 2.15 bits per heavy atom. The lowest BCUT2D eigenvalue weighted by Crippen LogP contribution is -2.38. The molecule has 2 N–H and O–H groups in total. The van der Waals surface area contributed by atoms with Gasteiger partial charge in [0.25, 0.3) is 16.5 Å². The first-order chi connectivity index (χ1) is 18.5. The number of hydrogen-bond donors (Lipinski definition) is 2. The van der Waals surface area contributed by atoms with E-state index >= 15 is 0 Å². The van der Waals surface area contributed by atoms with E-state index in [0.717, 1.165) is 5.56 Å². The molecular weight excluding hydrogens is 536 g/mol. The summed E-state index contributed by atoms with van der Waals surface area (Å²) in [6.45, 7) is 17.3. The molecule has 226 valence electrons. The maximum absolute atomic E-state index is 13.2. The van der Waals surface area contributed by atoms with Gasteiger partial charge in [-0.05, 0) is 86.3 Å². The Hall–Kier alpha value is -3.38. The summed E-state index contributed by atoms with van der Waals surface area (Å²) < 4.78 is 42.8. The highest BCUT2D eigenvalue weighted by molar-refractivity contribution is 7.92. The molecule has 11 nitrogen and oxygen atoms in total. The fraction of sp³-hybridized carbons (Fsp3) is 0.536. The normalized spacial score (nSPS) is 12.3. The van der Waals surface area contributed by atoms with Crippen LogP contribution in [-0.4, -0.2) is 64.4 Å². The lowest BCUT2D eigenvalue weighted by molar-refractivity contribution is -0.138. The third-order valence-electron chi connectivity index (χ3n) is 4.26. The van der Waals surface area contributed by atoms with Gasteiger partial charge in [-0.1, -0.05) is 26.0 Å². The van der Waals surface area contributed by atoms with E-state index in [4.69, 9.17) is 9.47 Å². The number of nitrogens with one attached hydrogen (secondary N) is 2. The van der Waals surface area contributed by atoms with Gasteiger partial charge in [-0.15, -0.1) is 0 Å². The van der Waals surface area contributed by atoms with Crippen molar-refractivity contribution in [3.05, 3.63) is 42.1 Å². The molecule has 0 aliphatic carbocycles. The number of carbonyl (C=O) groups is 2. The van der Waals surface area contributed by atoms with Crippen molar-refractivity contribution in [2.24, 2.45) is 0 Å². The van der Waals surface area contributed by atoms with Gasteiger partial charge in [0.1, 0.15) is 23.5 Å². The second kappa shape index (κ2) is 16.7. The number of anilines is 2. The topological polar surface area (TPSA) is 136 Å². The smallest absolute Gasteiger partial charge is 0.412 e. The Balaban J connectivity index is 0.00000108. The minimum Gasteiger partial charge on any atom is -0.474 e. The maximum Gasteiger partial charge on any atom is 0.412 e. The highest BCUT2D eigenvalue weighted by Gasteiger charge is 2.31. The fourth-order valence-electron chi connectivity index (χ4n) is 2.86. The van der Waals surface area contributed by atoms with E-state index in [0.29, 0.717) is 12.2 Å². The van der Waals surface area contributed by atoms with Gasteiger partial charge in [0, 0.05) is 0 Å². The third kappa shape index (κ3) is 13.1. The summed E-state index contributed by atoms with van der Waals surface area (Å²) in [6, 6.07) is 8.20. The molecule has 0 fully saturated rings. The lowest BCUT2D eigenvalue weighted by Gasteiger charge is -2.30. The average molecular weight is 583 g/mol. The van der Waals surface area contributed by atoms with Crippen molar-refractivity contribution in [2.75, 3.05) is 36.9 Å². The molecule has 0 radical (unpaired) electrons. The van der Waals surface area contributed by atoms with E-state index in [-0.39, 0.29) is 35.2 Å². The van der Waals surface area contributed by atoms with Crippen LogP contribution in [0.15, 0.2) is 41.4 Å². The molecule has 0 unspecified atom stereocenters. The Labute approximate surface area is 239 Å². The zero-order valence-corrected chi connectivity index (χ0v) is 26.4. The Bertz CT molecular complexity index is 1170. The van der Waals surface area contributed by atoms with Crippen LogP contribution >= 0.6 is 0 Å². The lowest BCUT2D eigenvalue weighted by atomic mass is 10.2. The molecule has 1 aromatic carbocycles. The summed E-state index contributed by atoms with van der Waals surface area (Å²) in [5.74, 6) is 0.192. The minimum atomic E-state index is -3.80. The van der Waals surface area contributed by atoms with Crippen molar-refractivity contribution < 1.29 is 32.2 Å². The number of benzene rings is 1. The number of aryl methyl sites for hydroxylation is 1. The molecule has 1 amide bonds. The van der Waals surface area contributed by atoms with E-state index in [1.807, 2.05) is 61.7 Å². The molecule has 12 heteroatoms. The Morgan fingerprint density at radius 2 is 1.68 bits per heavy atom. The second-order valence-electron chi connectivity index (χ2n) is 10.2. The average Bonchev–Trinajstić information content (AvgIpc) is 2.84. The molecule has 1 aliphatic heterocycles. The monoisotopic (exact) mass is 582 g/mol. The molecule has 0 bridgehead atoms. The molecule has 40 heavy (non-hydrogen) atoms. The summed E-state index contributed by atoms with van der Waals surface area (Å²) in [6.07, 6.45) is 0.741. The van der Waals surface area contributed by atoms with Gasteiger partial charge in [0.15, 0.2) is 0 Å². The van der Waals surface area contributed by atoms with E-state index in [1.165, 1.54) is 16.6 Å². The van der Waals surface area contributed by atoms with Gasteiger partial charge in [-0.2, -0.15) is 0 Å². The van der Waals surface area contributed by atoms with Crippen LogP contribution in [0.4, 0.5) is 16.2 Å². The number of pyridine rings is 1. The molecule has 0 atom stereocenters. The summed E-state index contributed by atoms with van der Waals surface area (Å²) in [5.41, 5.74) is 0.439. The minimum absolute atomic E-state index is 0.140. The van der Waals surface area contributed by atoms with E-state index in [2.05, 4.69) is 20.4 Å². The SMILES string of the molecule is CC.CC(C)(C)OC=O.CNC.Cc1cccc(S(=O)(=O)N2CCOc3ncc(NC(=O)OC(C)(C)C)cc32)c1. The molecule has 0 spiro atoms. The molecule has 1 aromatic heterocycles. The Kier molecular flexibility index (Phi) is 15.3. The summed E-state index contributed by atoms with van der Waals surface area (Å²) >= 11 is 0. The van der Waals surface area contributed by atoms with Gasteiger partial charge >= 0.3 is 6.09 Å². The van der Waals surface area contributed by atoms with Gasteiger partial charge in [0.2, 0.25) is 5.88 Å². The van der Waals surface area contributed by atoms with Crippen molar-refractivity contribution in [2.45, 2.75) is 78.4 Å². The third-order valence-corrected chi connectivity index (χ3v) is 6.07. The number of rotatable bonds is 4. The number of carbonyl (C=O) groups excluding carboxylic acids is 2. The first-order valence-electron chi connectivity index (χ1n) is 13.0. The zero-order valence-electron chi connectivity index (χ0n) is 25.6. The van der Waals surface area contributed by atoms with E-state index in [9.17, 15) is 18.0 Å². The molecule has 3 rings (SSSR count). The highest BCUT2D eigenvalue weighted by Crippen LogP contribution is 2.35. The van der Waals surface area contributed by atoms with Crippen molar-refractivity contribution in [1.29, 1.82) is 0 Å². The van der Waals surface area contributed by atoms with Crippen LogP contribution in [0.2, 0.25) is 0 Å². The number of nitrogens with zero attached hydrogens (tertiary/aromatic N) is 2. The van der Waals surface area contributed by atoms with Crippen LogP contribution in [0.25, 0.3) is 0 Å². The number of amides is 1. The number of ether oxygens (including phenoxy) is 3. The van der Waals surface area contributed by atoms with Crippen molar-refractivity contribution >= 4 is 34.0 Å². The molecule has 0 saturated heterocycles. The molecule has 2 aromatic rings. The number of aromatic nitrogens is 1. The van der Waals surface area contributed by atoms with Crippen LogP contribution in [0, 0.1) is 6.92 Å². The van der Waals surface area contributed by atoms with Crippen LogP contribution < -0.4 is 19.7 Å². The maximum atomic E-state index is 13.2. The summed E-state index contributed by atoms with van der Waals surface area (Å²) in [5, 5.41) is 5.32. The molecular formula is C28H46N4O7S. The summed E-state index contributed by atoms with van der Waals surface area (Å²) in [7, 11) is -0.0526. The predicted octanol–water partition coefficient (Wildman–Crippen LogP) is 5.14. The molecule has 1 aliphatic rings. The van der Waals surface area contributed by atoms with Crippen LogP contribution in [0.5, 0.6) is 5.88 Å². The summed E-state index contributed by atoms with van der Waals surface area (Å²) in [4.78, 5) is 25.9. The van der Waals surface area contributed by atoms with Crippen LogP contribution in [-0.2, 0) is 24.3 Å². The van der Waals surface area contributed by atoms with Crippen molar-refractivity contribution in [1.82, 2.24) is 10.3 Å². The zero-order chi connectivity index (χ0) is 31.1. The van der Waals surface area contributed by atoms with Gasteiger partial charge < -0.3 is 19.5 Å². The van der Waals surface area contributed by atoms with E-state index < -0.39 is 21.7 Å². The predicted molar refractivity (Wildman–Crippen MR) is 159 cm³/mol. The second-order valence-corrected chi connectivity index (χ2v) is 12.1.